The molecule has 4 rings (SSSR count). The first-order chi connectivity index (χ1) is 14.2. The van der Waals surface area contributed by atoms with Crippen molar-refractivity contribution >= 4 is 29.0 Å². The third kappa shape index (κ3) is 4.14. The molecule has 5 nitrogen and oxygen atoms in total. The van der Waals surface area contributed by atoms with Gasteiger partial charge in [0.2, 0.25) is 0 Å². The average Bonchev–Trinajstić information content (AvgIpc) is 3.13. The van der Waals surface area contributed by atoms with Gasteiger partial charge in [-0.1, -0.05) is 41.4 Å². The summed E-state index contributed by atoms with van der Waals surface area (Å²) in [4.78, 5) is 12.6. The van der Waals surface area contributed by atoms with Crippen molar-refractivity contribution in [3.63, 3.8) is 0 Å². The number of hydrogen-bond acceptors (Lipinski definition) is 3. The van der Waals surface area contributed by atoms with Crippen LogP contribution in [0, 0.1) is 6.92 Å². The van der Waals surface area contributed by atoms with Gasteiger partial charge in [-0.15, -0.1) is 0 Å². The van der Waals surface area contributed by atoms with Gasteiger partial charge in [-0.2, -0.15) is 18.3 Å². The fraction of sp³-hybridized carbons (Fsp3) is 0.238. The molecule has 2 aromatic carbocycles. The Balaban J connectivity index is 1.63. The second-order valence-corrected chi connectivity index (χ2v) is 7.66. The molecule has 1 aliphatic rings. The normalized spacial score (nSPS) is 18.4. The van der Waals surface area contributed by atoms with E-state index in [4.69, 9.17) is 11.6 Å². The van der Waals surface area contributed by atoms with Crippen LogP contribution in [0.5, 0.6) is 0 Å². The van der Waals surface area contributed by atoms with Gasteiger partial charge in [-0.3, -0.25) is 4.79 Å². The SMILES string of the molecule is Cc1ccc(NC(=O)c2cc3n(n2)C(C(F)(F)F)CC(c2ccc(Cl)cc2)N3)cc1. The molecule has 156 valence electrons. The second-order valence-electron chi connectivity index (χ2n) is 7.22. The number of anilines is 2. The van der Waals surface area contributed by atoms with E-state index in [1.54, 1.807) is 36.4 Å². The molecule has 1 amide bonds. The van der Waals surface area contributed by atoms with Crippen molar-refractivity contribution in [1.29, 1.82) is 0 Å². The summed E-state index contributed by atoms with van der Waals surface area (Å²) in [5.41, 5.74) is 2.14. The second kappa shape index (κ2) is 7.68. The number of aryl methyl sites for hydroxylation is 1. The first-order valence-electron chi connectivity index (χ1n) is 9.27. The van der Waals surface area contributed by atoms with Crippen LogP contribution in [0.4, 0.5) is 24.7 Å². The highest BCUT2D eigenvalue weighted by atomic mass is 35.5. The lowest BCUT2D eigenvalue weighted by molar-refractivity contribution is -0.173. The molecule has 2 atom stereocenters. The van der Waals surface area contributed by atoms with Crippen LogP contribution in [0.3, 0.4) is 0 Å². The van der Waals surface area contributed by atoms with E-state index in [9.17, 15) is 18.0 Å². The molecule has 0 aliphatic carbocycles. The van der Waals surface area contributed by atoms with Crippen LogP contribution >= 0.6 is 11.6 Å². The van der Waals surface area contributed by atoms with E-state index in [0.717, 1.165) is 10.2 Å². The average molecular weight is 435 g/mol. The first-order valence-corrected chi connectivity index (χ1v) is 9.65. The van der Waals surface area contributed by atoms with Gasteiger partial charge in [0, 0.05) is 23.2 Å². The van der Waals surface area contributed by atoms with E-state index >= 15 is 0 Å². The molecule has 2 N–H and O–H groups in total. The maximum atomic E-state index is 13.8. The van der Waals surface area contributed by atoms with Crippen LogP contribution < -0.4 is 10.6 Å². The predicted octanol–water partition coefficient (Wildman–Crippen LogP) is 5.76. The smallest absolute Gasteiger partial charge is 0.363 e. The Morgan fingerprint density at radius 2 is 1.83 bits per heavy atom. The summed E-state index contributed by atoms with van der Waals surface area (Å²) >= 11 is 5.89. The Morgan fingerprint density at radius 3 is 2.47 bits per heavy atom. The number of fused-ring (bicyclic) bond motifs is 1. The molecule has 0 saturated carbocycles. The number of nitrogens with zero attached hydrogens (tertiary/aromatic N) is 2. The van der Waals surface area contributed by atoms with Crippen LogP contribution in [0.15, 0.2) is 54.6 Å². The highest BCUT2D eigenvalue weighted by Gasteiger charge is 2.46. The largest absolute Gasteiger partial charge is 0.410 e. The van der Waals surface area contributed by atoms with E-state index in [2.05, 4.69) is 15.7 Å². The number of aromatic nitrogens is 2. The summed E-state index contributed by atoms with van der Waals surface area (Å²) in [5.74, 6) is -0.441. The van der Waals surface area contributed by atoms with Gasteiger partial charge in [-0.05, 0) is 36.8 Å². The minimum Gasteiger partial charge on any atom is -0.363 e. The Kier molecular flexibility index (Phi) is 5.19. The Hall–Kier alpha value is -3.00. The fourth-order valence-electron chi connectivity index (χ4n) is 3.43. The summed E-state index contributed by atoms with van der Waals surface area (Å²) in [5, 5.41) is 10.2. The van der Waals surface area contributed by atoms with Gasteiger partial charge in [0.05, 0.1) is 6.04 Å². The molecule has 0 spiro atoms. The van der Waals surface area contributed by atoms with E-state index in [0.29, 0.717) is 16.3 Å². The first kappa shape index (κ1) is 20.3. The Morgan fingerprint density at radius 1 is 1.17 bits per heavy atom. The molecule has 30 heavy (non-hydrogen) atoms. The minimum atomic E-state index is -4.52. The number of hydrogen-bond donors (Lipinski definition) is 2. The van der Waals surface area contributed by atoms with Gasteiger partial charge in [0.1, 0.15) is 5.82 Å². The highest BCUT2D eigenvalue weighted by Crippen LogP contribution is 2.43. The number of amides is 1. The number of halogens is 4. The minimum absolute atomic E-state index is 0.0934. The molecule has 0 fully saturated rings. The van der Waals surface area contributed by atoms with Gasteiger partial charge >= 0.3 is 6.18 Å². The highest BCUT2D eigenvalue weighted by molar-refractivity contribution is 6.30. The van der Waals surface area contributed by atoms with Gasteiger partial charge in [0.15, 0.2) is 11.7 Å². The lowest BCUT2D eigenvalue weighted by atomic mass is 9.97. The molecule has 0 saturated heterocycles. The molecule has 1 aliphatic heterocycles. The van der Waals surface area contributed by atoms with Crippen LogP contribution in [0.25, 0.3) is 0 Å². The topological polar surface area (TPSA) is 59.0 Å². The lowest BCUT2D eigenvalue weighted by Crippen LogP contribution is -2.35. The molecule has 0 radical (unpaired) electrons. The van der Waals surface area contributed by atoms with E-state index in [1.807, 2.05) is 19.1 Å². The van der Waals surface area contributed by atoms with Gasteiger partial charge in [-0.25, -0.2) is 4.68 Å². The van der Waals surface area contributed by atoms with Crippen LogP contribution in [0.1, 0.15) is 40.1 Å². The van der Waals surface area contributed by atoms with Crippen molar-refractivity contribution in [2.24, 2.45) is 0 Å². The third-order valence-corrected chi connectivity index (χ3v) is 5.26. The number of alkyl halides is 3. The summed E-state index contributed by atoms with van der Waals surface area (Å²) in [6.07, 6.45) is -4.77. The van der Waals surface area contributed by atoms with Crippen molar-refractivity contribution in [3.8, 4) is 0 Å². The van der Waals surface area contributed by atoms with E-state index < -0.39 is 24.2 Å². The summed E-state index contributed by atoms with van der Waals surface area (Å²) in [6.45, 7) is 1.91. The van der Waals surface area contributed by atoms with Gasteiger partial charge < -0.3 is 10.6 Å². The van der Waals surface area contributed by atoms with Crippen LogP contribution in [0.2, 0.25) is 5.02 Å². The Labute approximate surface area is 175 Å². The van der Waals surface area contributed by atoms with Crippen molar-refractivity contribution < 1.29 is 18.0 Å². The van der Waals surface area contributed by atoms with Gasteiger partial charge in [0.25, 0.3) is 5.91 Å². The zero-order valence-electron chi connectivity index (χ0n) is 15.9. The quantitative estimate of drug-likeness (QED) is 0.551. The number of nitrogens with one attached hydrogen (secondary N) is 2. The van der Waals surface area contributed by atoms with Crippen molar-refractivity contribution in [2.45, 2.75) is 31.6 Å². The number of carbonyl (C=O) groups excluding carboxylic acids is 1. The zero-order valence-corrected chi connectivity index (χ0v) is 16.6. The van der Waals surface area contributed by atoms with Crippen LogP contribution in [-0.2, 0) is 0 Å². The Bertz CT molecular complexity index is 1060. The van der Waals surface area contributed by atoms with Crippen molar-refractivity contribution in [2.75, 3.05) is 10.6 Å². The predicted molar refractivity (Wildman–Crippen MR) is 109 cm³/mol. The molecule has 3 aromatic rings. The third-order valence-electron chi connectivity index (χ3n) is 5.00. The lowest BCUT2D eigenvalue weighted by Gasteiger charge is -2.33. The number of rotatable bonds is 3. The standard InChI is InChI=1S/C21H18ClF3N4O/c1-12-2-8-15(9-3-12)26-20(30)17-11-19-27-16(13-4-6-14(22)7-5-13)10-18(21(23,24)25)29(19)28-17/h2-9,11,16,18,27H,10H2,1H3,(H,26,30). The summed E-state index contributed by atoms with van der Waals surface area (Å²) in [6, 6.07) is 12.6. The maximum Gasteiger partial charge on any atom is 0.410 e. The molecule has 9 heteroatoms. The summed E-state index contributed by atoms with van der Waals surface area (Å²) < 4.78 is 42.1. The van der Waals surface area contributed by atoms with E-state index in [-0.39, 0.29) is 17.9 Å². The van der Waals surface area contributed by atoms with Crippen molar-refractivity contribution in [3.05, 3.63) is 76.4 Å². The monoisotopic (exact) mass is 434 g/mol. The molecular formula is C21H18ClF3N4O. The summed E-state index contributed by atoms with van der Waals surface area (Å²) in [7, 11) is 0. The number of benzene rings is 2. The number of carbonyl (C=O) groups is 1. The van der Waals surface area contributed by atoms with Crippen molar-refractivity contribution in [1.82, 2.24) is 9.78 Å². The maximum absolute atomic E-state index is 13.8. The molecule has 2 heterocycles. The zero-order chi connectivity index (χ0) is 21.5. The van der Waals surface area contributed by atoms with E-state index in [1.165, 1.54) is 6.07 Å². The molecular weight excluding hydrogens is 417 g/mol. The molecule has 0 bridgehead atoms. The fourth-order valence-corrected chi connectivity index (χ4v) is 3.56. The molecule has 1 aromatic heterocycles. The van der Waals surface area contributed by atoms with Crippen LogP contribution in [-0.4, -0.2) is 21.9 Å². The molecule has 2 unspecified atom stereocenters.